The van der Waals surface area contributed by atoms with Crippen molar-refractivity contribution in [3.05, 3.63) is 24.0 Å². The molecular weight excluding hydrogens is 310 g/mol. The molecule has 3 atom stereocenters. The molecule has 0 radical (unpaired) electrons. The molecule has 0 aromatic carbocycles. The van der Waals surface area contributed by atoms with Crippen LogP contribution in [0, 0.1) is 11.8 Å². The van der Waals surface area contributed by atoms with Crippen molar-refractivity contribution in [2.45, 2.75) is 26.1 Å². The number of hydrogen-bond acceptors (Lipinski definition) is 5. The van der Waals surface area contributed by atoms with Gasteiger partial charge in [0.15, 0.2) is 0 Å². The Hall–Kier alpha value is -1.70. The first-order chi connectivity index (χ1) is 11.4. The Balaban J connectivity index is 2.03. The summed E-state index contributed by atoms with van der Waals surface area (Å²) >= 11 is 0. The van der Waals surface area contributed by atoms with Crippen LogP contribution in [0.3, 0.4) is 0 Å². The summed E-state index contributed by atoms with van der Waals surface area (Å²) in [6, 6.07) is 0. The van der Waals surface area contributed by atoms with Gasteiger partial charge in [0.25, 0.3) is 0 Å². The van der Waals surface area contributed by atoms with Gasteiger partial charge in [-0.3, -0.25) is 9.48 Å². The van der Waals surface area contributed by atoms with Crippen LogP contribution in [0.5, 0.6) is 0 Å². The van der Waals surface area contributed by atoms with Crippen molar-refractivity contribution in [2.24, 2.45) is 18.9 Å². The first-order valence-corrected chi connectivity index (χ1v) is 8.26. The lowest BCUT2D eigenvalue weighted by Gasteiger charge is -2.35. The average molecular weight is 337 g/mol. The number of aliphatic hydroxyl groups excluding tert-OH is 2. The maximum Gasteiger partial charge on any atom is 0.246 e. The van der Waals surface area contributed by atoms with Gasteiger partial charge in [-0.2, -0.15) is 5.10 Å². The summed E-state index contributed by atoms with van der Waals surface area (Å²) in [6.45, 7) is 5.48. The fourth-order valence-corrected chi connectivity index (χ4v) is 2.79. The van der Waals surface area contributed by atoms with E-state index in [0.717, 1.165) is 5.56 Å². The Kier molecular flexibility index (Phi) is 6.53. The molecule has 1 aromatic heterocycles. The zero-order valence-corrected chi connectivity index (χ0v) is 14.5. The molecule has 1 aliphatic rings. The quantitative estimate of drug-likeness (QED) is 0.729. The van der Waals surface area contributed by atoms with Crippen molar-refractivity contribution >= 4 is 12.0 Å². The summed E-state index contributed by atoms with van der Waals surface area (Å²) in [5.41, 5.74) is 0.854. The first-order valence-electron chi connectivity index (χ1n) is 8.26. The Morgan fingerprint density at radius 3 is 2.88 bits per heavy atom. The van der Waals surface area contributed by atoms with Gasteiger partial charge in [0, 0.05) is 43.9 Å². The minimum absolute atomic E-state index is 0.125. The highest BCUT2D eigenvalue weighted by Gasteiger charge is 2.33. The van der Waals surface area contributed by atoms with Crippen molar-refractivity contribution in [1.29, 1.82) is 0 Å². The Labute approximate surface area is 142 Å². The maximum absolute atomic E-state index is 12.5. The largest absolute Gasteiger partial charge is 0.390 e. The second-order valence-electron chi connectivity index (χ2n) is 6.77. The molecule has 2 heterocycles. The molecule has 2 N–H and O–H groups in total. The van der Waals surface area contributed by atoms with E-state index in [2.05, 4.69) is 5.10 Å². The van der Waals surface area contributed by atoms with Crippen LogP contribution in [0.4, 0.5) is 0 Å². The molecule has 7 heteroatoms. The monoisotopic (exact) mass is 337 g/mol. The van der Waals surface area contributed by atoms with E-state index in [0.29, 0.717) is 25.6 Å². The molecule has 0 spiro atoms. The molecule has 0 bridgehead atoms. The summed E-state index contributed by atoms with van der Waals surface area (Å²) < 4.78 is 6.98. The van der Waals surface area contributed by atoms with Crippen LogP contribution in [0.15, 0.2) is 18.5 Å². The van der Waals surface area contributed by atoms with Gasteiger partial charge in [0.1, 0.15) is 6.10 Å². The van der Waals surface area contributed by atoms with E-state index in [4.69, 9.17) is 4.74 Å². The minimum atomic E-state index is -0.898. The van der Waals surface area contributed by atoms with Crippen molar-refractivity contribution in [1.82, 2.24) is 14.7 Å². The molecule has 134 valence electrons. The van der Waals surface area contributed by atoms with E-state index in [-0.39, 0.29) is 18.4 Å². The lowest BCUT2D eigenvalue weighted by Crippen LogP contribution is -2.50. The number of ether oxygens (including phenoxy) is 1. The van der Waals surface area contributed by atoms with E-state index in [9.17, 15) is 15.0 Å². The molecule has 1 amide bonds. The number of rotatable bonds is 6. The van der Waals surface area contributed by atoms with Gasteiger partial charge in [-0.05, 0) is 12.0 Å². The predicted molar refractivity (Wildman–Crippen MR) is 90.0 cm³/mol. The number of carbonyl (C=O) groups excluding carboxylic acids is 1. The number of amides is 1. The first kappa shape index (κ1) is 18.6. The van der Waals surface area contributed by atoms with Crippen LogP contribution in [0.25, 0.3) is 6.08 Å². The smallest absolute Gasteiger partial charge is 0.246 e. The van der Waals surface area contributed by atoms with E-state index in [1.165, 1.54) is 6.08 Å². The molecule has 0 aliphatic carbocycles. The fourth-order valence-electron chi connectivity index (χ4n) is 2.79. The summed E-state index contributed by atoms with van der Waals surface area (Å²) in [6.07, 6.45) is 4.99. The van der Waals surface area contributed by atoms with Crippen molar-refractivity contribution in [3.63, 3.8) is 0 Å². The predicted octanol–water partition coefficient (Wildman–Crippen LogP) is 0.286. The normalized spacial score (nSPS) is 24.7. The van der Waals surface area contributed by atoms with E-state index in [1.54, 1.807) is 21.9 Å². The Morgan fingerprint density at radius 1 is 1.50 bits per heavy atom. The van der Waals surface area contributed by atoms with Crippen LogP contribution in [0.1, 0.15) is 19.4 Å². The molecule has 0 unspecified atom stereocenters. The summed E-state index contributed by atoms with van der Waals surface area (Å²) in [5.74, 6) is -0.115. The van der Waals surface area contributed by atoms with Crippen LogP contribution < -0.4 is 0 Å². The number of aromatic nitrogens is 2. The third kappa shape index (κ3) is 5.15. The standard InChI is InChI=1S/C17H27N3O4/c1-12(2)7-20(9-14-10-24-11-15(21)17(14)23)16(22)5-4-13-6-18-19(3)8-13/h4-6,8,12,14-15,17,21,23H,7,9-11H2,1-3H3/b5-4+/t14-,15-,17+/m1/s1. The van der Waals surface area contributed by atoms with Crippen molar-refractivity contribution in [2.75, 3.05) is 26.3 Å². The third-order valence-electron chi connectivity index (χ3n) is 3.99. The van der Waals surface area contributed by atoms with Crippen molar-refractivity contribution in [3.8, 4) is 0 Å². The number of nitrogens with zero attached hydrogens (tertiary/aromatic N) is 3. The van der Waals surface area contributed by atoms with Gasteiger partial charge in [0.05, 0.1) is 25.5 Å². The highest BCUT2D eigenvalue weighted by Crippen LogP contribution is 2.18. The van der Waals surface area contributed by atoms with Gasteiger partial charge in [-0.1, -0.05) is 13.8 Å². The van der Waals surface area contributed by atoms with E-state index >= 15 is 0 Å². The second-order valence-corrected chi connectivity index (χ2v) is 6.77. The number of carbonyl (C=O) groups is 1. The topological polar surface area (TPSA) is 87.8 Å². The molecule has 7 nitrogen and oxygen atoms in total. The van der Waals surface area contributed by atoms with Gasteiger partial charge in [-0.25, -0.2) is 0 Å². The van der Waals surface area contributed by atoms with Crippen molar-refractivity contribution < 1.29 is 19.7 Å². The molecule has 24 heavy (non-hydrogen) atoms. The molecular formula is C17H27N3O4. The molecule has 1 aromatic rings. The lowest BCUT2D eigenvalue weighted by molar-refractivity contribution is -0.139. The van der Waals surface area contributed by atoms with E-state index in [1.807, 2.05) is 27.1 Å². The molecule has 0 saturated carbocycles. The van der Waals surface area contributed by atoms with Gasteiger partial charge in [0.2, 0.25) is 5.91 Å². The number of aliphatic hydroxyl groups is 2. The highest BCUT2D eigenvalue weighted by atomic mass is 16.5. The molecule has 2 rings (SSSR count). The van der Waals surface area contributed by atoms with Gasteiger partial charge < -0.3 is 19.8 Å². The average Bonchev–Trinajstić information content (AvgIpc) is 2.94. The van der Waals surface area contributed by atoms with Crippen LogP contribution in [-0.2, 0) is 16.6 Å². The van der Waals surface area contributed by atoms with Crippen LogP contribution >= 0.6 is 0 Å². The third-order valence-corrected chi connectivity index (χ3v) is 3.99. The maximum atomic E-state index is 12.5. The summed E-state index contributed by atoms with van der Waals surface area (Å²) in [4.78, 5) is 14.2. The molecule has 1 aliphatic heterocycles. The van der Waals surface area contributed by atoms with Crippen LogP contribution in [-0.4, -0.2) is 69.3 Å². The zero-order chi connectivity index (χ0) is 17.7. The lowest BCUT2D eigenvalue weighted by atomic mass is 9.95. The zero-order valence-electron chi connectivity index (χ0n) is 14.5. The number of aryl methyl sites for hydroxylation is 1. The molecule has 1 saturated heterocycles. The molecule has 1 fully saturated rings. The SMILES string of the molecule is CC(C)CN(C[C@@H]1COC[C@@H](O)[C@H]1O)C(=O)/C=C/c1cnn(C)c1. The highest BCUT2D eigenvalue weighted by molar-refractivity contribution is 5.91. The van der Waals surface area contributed by atoms with Gasteiger partial charge >= 0.3 is 0 Å². The minimum Gasteiger partial charge on any atom is -0.390 e. The van der Waals surface area contributed by atoms with Crippen LogP contribution in [0.2, 0.25) is 0 Å². The Morgan fingerprint density at radius 2 is 2.25 bits per heavy atom. The summed E-state index contributed by atoms with van der Waals surface area (Å²) in [7, 11) is 1.82. The van der Waals surface area contributed by atoms with E-state index < -0.39 is 12.2 Å². The summed E-state index contributed by atoms with van der Waals surface area (Å²) in [5, 5.41) is 23.9. The van der Waals surface area contributed by atoms with Gasteiger partial charge in [-0.15, -0.1) is 0 Å². The fraction of sp³-hybridized carbons (Fsp3) is 0.647. The Bertz CT molecular complexity index is 570. The number of hydrogen-bond donors (Lipinski definition) is 2. The second kappa shape index (κ2) is 8.41.